The largest absolute Gasteiger partial charge is 0.297 e. The Hall–Kier alpha value is -2.68. The van der Waals surface area contributed by atoms with E-state index >= 15 is 8.78 Å². The van der Waals surface area contributed by atoms with Crippen molar-refractivity contribution in [3.8, 4) is 0 Å². The summed E-state index contributed by atoms with van der Waals surface area (Å²) in [6, 6.07) is -0.815. The highest BCUT2D eigenvalue weighted by atomic mass is 19.1. The van der Waals surface area contributed by atoms with Gasteiger partial charge in [-0.3, -0.25) is 34.3 Å². The Bertz CT molecular complexity index is 1120. The van der Waals surface area contributed by atoms with Gasteiger partial charge in [-0.25, -0.2) is 8.78 Å². The Morgan fingerprint density at radius 2 is 1.79 bits per heavy atom. The number of nitrogens with one attached hydrogen (secondary N) is 1. The number of fused-ring (bicyclic) bond motifs is 1. The molecule has 2 saturated heterocycles. The Kier molecular flexibility index (Phi) is 3.36. The van der Waals surface area contributed by atoms with Crippen LogP contribution in [0, 0.1) is 11.6 Å². The van der Waals surface area contributed by atoms with Gasteiger partial charge in [-0.15, -0.1) is 0 Å². The van der Waals surface area contributed by atoms with Crippen molar-refractivity contribution in [1.82, 2.24) is 15.1 Å². The Morgan fingerprint density at radius 3 is 2.38 bits per heavy atom. The van der Waals surface area contributed by atoms with E-state index in [0.29, 0.717) is 11.0 Å². The van der Waals surface area contributed by atoms with Gasteiger partial charge in [0.2, 0.25) is 11.8 Å². The van der Waals surface area contributed by atoms with Crippen LogP contribution in [0.3, 0.4) is 0 Å². The molecule has 3 aliphatic rings. The molecule has 0 aliphatic carbocycles. The maximum atomic E-state index is 15.6. The molecule has 4 amide bonds. The van der Waals surface area contributed by atoms with Crippen LogP contribution < -0.4 is 5.32 Å². The first-order chi connectivity index (χ1) is 15.0. The van der Waals surface area contributed by atoms with E-state index in [-0.39, 0.29) is 12.8 Å². The molecule has 0 bridgehead atoms. The summed E-state index contributed by atoms with van der Waals surface area (Å²) in [5.41, 5.74) is -3.49. The number of carbonyl (C=O) groups is 4. The Labute approximate surface area is 171 Å². The molecule has 9 heteroatoms. The average molecular weight is 409 g/mol. The van der Waals surface area contributed by atoms with Gasteiger partial charge >= 0.3 is 0 Å². The van der Waals surface area contributed by atoms with Crippen molar-refractivity contribution in [3.05, 3.63) is 34.4 Å². The summed E-state index contributed by atoms with van der Waals surface area (Å²) in [6.07, 6.45) is -0.335. The fourth-order valence-electron chi connectivity index (χ4n) is 3.61. The molecule has 2 fully saturated rings. The van der Waals surface area contributed by atoms with Crippen LogP contribution >= 0.6 is 0 Å². The number of hydrogen-bond donors (Lipinski definition) is 1. The average Bonchev–Trinajstić information content (AvgIpc) is 2.87. The van der Waals surface area contributed by atoms with E-state index in [1.807, 2.05) is 5.32 Å². The molecular weight excluding hydrogens is 384 g/mol. The van der Waals surface area contributed by atoms with Gasteiger partial charge in [0, 0.05) is 41.9 Å². The Morgan fingerprint density at radius 1 is 1.14 bits per heavy atom. The standard InChI is InChI=1S/C20H21F2N3O4/c1-20(2,3)24-7-9(8-24)14-11(21)6-10-15(16(14)22)19(29)25(18(10)28)12-4-5-13(26)23-17(12)27/h6,9,12H,4-5,7-8H2,1-3H3,(H,23,26,27)/t12-/m1/s1/i7D2,8D2. The van der Waals surface area contributed by atoms with E-state index in [1.54, 1.807) is 20.8 Å². The number of hydrogen-bond acceptors (Lipinski definition) is 5. The lowest BCUT2D eigenvalue weighted by molar-refractivity contribution is -0.136. The van der Waals surface area contributed by atoms with Gasteiger partial charge in [-0.2, -0.15) is 0 Å². The van der Waals surface area contributed by atoms with Gasteiger partial charge in [0.1, 0.15) is 17.7 Å². The van der Waals surface area contributed by atoms with Crippen LogP contribution in [0.1, 0.15) is 71.3 Å². The molecule has 0 spiro atoms. The van der Waals surface area contributed by atoms with E-state index < -0.39 is 82.4 Å². The molecule has 154 valence electrons. The van der Waals surface area contributed by atoms with Gasteiger partial charge in [0.05, 0.1) is 11.1 Å². The third kappa shape index (κ3) is 2.95. The lowest BCUT2D eigenvalue weighted by Gasteiger charge is -2.48. The Balaban J connectivity index is 1.80. The molecule has 0 radical (unpaired) electrons. The minimum absolute atomic E-state index is 0.156. The SMILES string of the molecule is [2H]C1([2H])C(c2c(F)cc3c(c2F)C(=O)N([C@@H]2CCC(=O)NC2=O)C3=O)C([2H])([2H])N1C(C)(C)C. The first-order valence-corrected chi connectivity index (χ1v) is 9.06. The van der Waals surface area contributed by atoms with Gasteiger partial charge in [0.15, 0.2) is 0 Å². The van der Waals surface area contributed by atoms with Crippen LogP contribution in [0.5, 0.6) is 0 Å². The molecule has 0 unspecified atom stereocenters. The van der Waals surface area contributed by atoms with Crippen molar-refractivity contribution < 1.29 is 33.4 Å². The molecule has 0 saturated carbocycles. The number of piperidine rings is 1. The zero-order valence-electron chi connectivity index (χ0n) is 19.9. The van der Waals surface area contributed by atoms with Gasteiger partial charge in [-0.1, -0.05) is 0 Å². The van der Waals surface area contributed by atoms with Gasteiger partial charge < -0.3 is 0 Å². The summed E-state index contributed by atoms with van der Waals surface area (Å²) in [5, 5.41) is 1.99. The third-order valence-corrected chi connectivity index (χ3v) is 5.13. The van der Waals surface area contributed by atoms with E-state index in [4.69, 9.17) is 5.48 Å². The minimum atomic E-state index is -2.51. The molecule has 7 nitrogen and oxygen atoms in total. The number of rotatable bonds is 2. The minimum Gasteiger partial charge on any atom is -0.297 e. The summed E-state index contributed by atoms with van der Waals surface area (Å²) in [4.78, 5) is 50.6. The number of likely N-dealkylation sites (tertiary alicyclic amines) is 1. The van der Waals surface area contributed by atoms with E-state index in [0.717, 1.165) is 4.90 Å². The highest BCUT2D eigenvalue weighted by Gasteiger charge is 2.48. The van der Waals surface area contributed by atoms with Crippen LogP contribution in [-0.4, -0.2) is 58.0 Å². The number of imide groups is 2. The smallest absolute Gasteiger partial charge is 0.265 e. The van der Waals surface area contributed by atoms with Crippen molar-refractivity contribution >= 4 is 23.6 Å². The molecule has 1 N–H and O–H groups in total. The van der Waals surface area contributed by atoms with E-state index in [9.17, 15) is 19.2 Å². The second-order valence-electron chi connectivity index (χ2n) is 8.15. The topological polar surface area (TPSA) is 86.8 Å². The number of halogens is 2. The molecule has 0 aromatic heterocycles. The molecule has 3 aliphatic heterocycles. The zero-order valence-corrected chi connectivity index (χ0v) is 15.9. The molecule has 1 aromatic rings. The van der Waals surface area contributed by atoms with Crippen LogP contribution in [0.2, 0.25) is 0 Å². The number of nitrogens with zero attached hydrogens (tertiary/aromatic N) is 2. The maximum absolute atomic E-state index is 15.6. The van der Waals surface area contributed by atoms with Crippen LogP contribution in [0.15, 0.2) is 6.07 Å². The summed E-state index contributed by atoms with van der Waals surface area (Å²) >= 11 is 0. The van der Waals surface area contributed by atoms with Crippen molar-refractivity contribution in [2.75, 3.05) is 13.0 Å². The fourth-order valence-corrected chi connectivity index (χ4v) is 3.61. The predicted octanol–water partition coefficient (Wildman–Crippen LogP) is 1.56. The lowest BCUT2D eigenvalue weighted by Crippen LogP contribution is -2.55. The summed E-state index contributed by atoms with van der Waals surface area (Å²) < 4.78 is 64.0. The third-order valence-electron chi connectivity index (χ3n) is 5.13. The van der Waals surface area contributed by atoms with E-state index in [1.165, 1.54) is 0 Å². The van der Waals surface area contributed by atoms with Crippen molar-refractivity contribution in [1.29, 1.82) is 0 Å². The summed E-state index contributed by atoms with van der Waals surface area (Å²) in [5.74, 6) is -8.70. The first kappa shape index (κ1) is 15.2. The summed E-state index contributed by atoms with van der Waals surface area (Å²) in [6.45, 7) is -0.365. The van der Waals surface area contributed by atoms with Crippen LogP contribution in [-0.2, 0) is 9.59 Å². The highest BCUT2D eigenvalue weighted by Crippen LogP contribution is 2.39. The number of benzene rings is 1. The van der Waals surface area contributed by atoms with Crippen molar-refractivity contribution in [2.24, 2.45) is 0 Å². The maximum Gasteiger partial charge on any atom is 0.265 e. The first-order valence-electron chi connectivity index (χ1n) is 11.1. The zero-order chi connectivity index (χ0) is 24.8. The molecular formula is C20H21F2N3O4. The molecule has 1 atom stereocenters. The monoisotopic (exact) mass is 409 g/mol. The highest BCUT2D eigenvalue weighted by molar-refractivity contribution is 6.23. The molecule has 4 rings (SSSR count). The van der Waals surface area contributed by atoms with Gasteiger partial charge in [-0.05, 0) is 33.3 Å². The summed E-state index contributed by atoms with van der Waals surface area (Å²) in [7, 11) is 0. The van der Waals surface area contributed by atoms with Gasteiger partial charge in [0.25, 0.3) is 11.8 Å². The lowest BCUT2D eigenvalue weighted by atomic mass is 9.85. The van der Waals surface area contributed by atoms with Crippen molar-refractivity contribution in [3.63, 3.8) is 0 Å². The van der Waals surface area contributed by atoms with Crippen molar-refractivity contribution in [2.45, 2.75) is 51.1 Å². The van der Waals surface area contributed by atoms with E-state index in [2.05, 4.69) is 0 Å². The second kappa shape index (κ2) is 6.41. The second-order valence-corrected chi connectivity index (χ2v) is 8.15. The molecule has 1 aromatic carbocycles. The number of amides is 4. The predicted molar refractivity (Wildman–Crippen MR) is 97.1 cm³/mol. The van der Waals surface area contributed by atoms with Crippen LogP contribution in [0.4, 0.5) is 8.78 Å². The normalized spacial score (nSPS) is 28.9. The number of carbonyl (C=O) groups excluding carboxylic acids is 4. The quantitative estimate of drug-likeness (QED) is 0.750. The molecule has 29 heavy (non-hydrogen) atoms. The van der Waals surface area contributed by atoms with Crippen LogP contribution in [0.25, 0.3) is 0 Å². The fraction of sp³-hybridized carbons (Fsp3) is 0.500. The molecule has 3 heterocycles.